The molecule has 0 aromatic heterocycles. The normalized spacial score (nSPS) is 24.3. The molecule has 4 nitrogen and oxygen atoms in total. The molecular formula is C22H24N2O2. The maximum Gasteiger partial charge on any atom is 0.254 e. The molecule has 2 aromatic carbocycles. The van der Waals surface area contributed by atoms with Crippen molar-refractivity contribution < 1.29 is 9.59 Å². The van der Waals surface area contributed by atoms with Crippen molar-refractivity contribution in [1.82, 2.24) is 10.2 Å². The number of rotatable bonds is 4. The van der Waals surface area contributed by atoms with Gasteiger partial charge in [0.05, 0.1) is 0 Å². The van der Waals surface area contributed by atoms with Gasteiger partial charge < -0.3 is 10.2 Å². The van der Waals surface area contributed by atoms with Crippen molar-refractivity contribution in [1.29, 1.82) is 0 Å². The van der Waals surface area contributed by atoms with Crippen LogP contribution in [0.2, 0.25) is 0 Å². The van der Waals surface area contributed by atoms with E-state index in [-0.39, 0.29) is 17.9 Å². The lowest BCUT2D eigenvalue weighted by atomic mass is 9.93. The number of fused-ring (bicyclic) bond motifs is 1. The van der Waals surface area contributed by atoms with E-state index in [1.165, 1.54) is 0 Å². The van der Waals surface area contributed by atoms with Gasteiger partial charge in [-0.1, -0.05) is 55.0 Å². The van der Waals surface area contributed by atoms with Crippen LogP contribution in [0.25, 0.3) is 0 Å². The lowest BCUT2D eigenvalue weighted by molar-refractivity contribution is -0.126. The summed E-state index contributed by atoms with van der Waals surface area (Å²) in [4.78, 5) is 27.8. The van der Waals surface area contributed by atoms with Gasteiger partial charge in [0.25, 0.3) is 5.91 Å². The molecule has 2 aromatic rings. The first-order chi connectivity index (χ1) is 12.7. The highest BCUT2D eigenvalue weighted by molar-refractivity contribution is 5.98. The number of hydrogen-bond donors (Lipinski definition) is 1. The van der Waals surface area contributed by atoms with E-state index >= 15 is 0 Å². The monoisotopic (exact) mass is 348 g/mol. The third-order valence-electron chi connectivity index (χ3n) is 5.75. The van der Waals surface area contributed by atoms with Crippen LogP contribution in [0, 0.1) is 11.8 Å². The number of nitrogens with zero attached hydrogens (tertiary/aromatic N) is 1. The average Bonchev–Trinajstić information content (AvgIpc) is 3.28. The predicted molar refractivity (Wildman–Crippen MR) is 100 cm³/mol. The summed E-state index contributed by atoms with van der Waals surface area (Å²) in [7, 11) is 0. The van der Waals surface area contributed by atoms with Gasteiger partial charge in [-0.05, 0) is 42.4 Å². The number of benzene rings is 2. The van der Waals surface area contributed by atoms with Gasteiger partial charge in [0, 0.05) is 18.7 Å². The first kappa shape index (κ1) is 16.8. The minimum Gasteiger partial charge on any atom is -0.350 e. The van der Waals surface area contributed by atoms with Crippen molar-refractivity contribution in [3.63, 3.8) is 0 Å². The molecule has 2 amide bonds. The molecule has 4 rings (SSSR count). The fourth-order valence-corrected chi connectivity index (χ4v) is 4.49. The Morgan fingerprint density at radius 1 is 0.962 bits per heavy atom. The van der Waals surface area contributed by atoms with Crippen molar-refractivity contribution in [2.24, 2.45) is 11.8 Å². The van der Waals surface area contributed by atoms with E-state index in [4.69, 9.17) is 0 Å². The zero-order valence-corrected chi connectivity index (χ0v) is 14.8. The molecule has 26 heavy (non-hydrogen) atoms. The van der Waals surface area contributed by atoms with Crippen LogP contribution in [0.5, 0.6) is 0 Å². The molecule has 1 heterocycles. The minimum atomic E-state index is -0.348. The first-order valence-corrected chi connectivity index (χ1v) is 9.41. The summed E-state index contributed by atoms with van der Waals surface area (Å²) >= 11 is 0. The van der Waals surface area contributed by atoms with Gasteiger partial charge in [0.2, 0.25) is 5.91 Å². The van der Waals surface area contributed by atoms with E-state index < -0.39 is 0 Å². The summed E-state index contributed by atoms with van der Waals surface area (Å²) < 4.78 is 0. The molecule has 0 bridgehead atoms. The molecular weight excluding hydrogens is 324 g/mol. The zero-order chi connectivity index (χ0) is 17.9. The molecule has 1 aliphatic heterocycles. The lowest BCUT2D eigenvalue weighted by Gasteiger charge is -2.27. The van der Waals surface area contributed by atoms with E-state index in [1.807, 2.05) is 65.6 Å². The van der Waals surface area contributed by atoms with Gasteiger partial charge in [-0.3, -0.25) is 9.59 Å². The van der Waals surface area contributed by atoms with Gasteiger partial charge in [-0.2, -0.15) is 0 Å². The summed E-state index contributed by atoms with van der Waals surface area (Å²) in [5.74, 6) is 0.695. The van der Waals surface area contributed by atoms with Gasteiger partial charge in [0.15, 0.2) is 0 Å². The minimum absolute atomic E-state index is 0.0208. The Bertz CT molecular complexity index is 775. The van der Waals surface area contributed by atoms with Crippen LogP contribution in [-0.4, -0.2) is 29.3 Å². The number of amides is 2. The predicted octanol–water partition coefficient (Wildman–Crippen LogP) is 3.24. The van der Waals surface area contributed by atoms with Crippen LogP contribution in [0.15, 0.2) is 60.7 Å². The highest BCUT2D eigenvalue weighted by atomic mass is 16.2. The number of hydrogen-bond acceptors (Lipinski definition) is 2. The molecule has 1 N–H and O–H groups in total. The van der Waals surface area contributed by atoms with Gasteiger partial charge >= 0.3 is 0 Å². The van der Waals surface area contributed by atoms with E-state index in [0.29, 0.717) is 30.5 Å². The topological polar surface area (TPSA) is 49.4 Å². The van der Waals surface area contributed by atoms with Crippen molar-refractivity contribution in [3.8, 4) is 0 Å². The Morgan fingerprint density at radius 2 is 1.65 bits per heavy atom. The van der Waals surface area contributed by atoms with Crippen molar-refractivity contribution in [3.05, 3.63) is 71.8 Å². The third-order valence-corrected chi connectivity index (χ3v) is 5.75. The largest absolute Gasteiger partial charge is 0.350 e. The standard InChI is InChI=1S/C22H24N2O2/c25-21(23-14-16-8-3-1-4-9-16)20-19-13-7-12-18(19)15-24(20)22(26)17-10-5-2-6-11-17/h1-6,8-11,18-20H,7,12-15H2,(H,23,25). The fourth-order valence-electron chi connectivity index (χ4n) is 4.49. The summed E-state index contributed by atoms with van der Waals surface area (Å²) in [5, 5.41) is 3.06. The van der Waals surface area contributed by atoms with Crippen LogP contribution in [0.4, 0.5) is 0 Å². The van der Waals surface area contributed by atoms with Crippen molar-refractivity contribution in [2.75, 3.05) is 6.54 Å². The molecule has 3 unspecified atom stereocenters. The molecule has 134 valence electrons. The van der Waals surface area contributed by atoms with Gasteiger partial charge in [-0.15, -0.1) is 0 Å². The maximum atomic E-state index is 13.0. The summed E-state index contributed by atoms with van der Waals surface area (Å²) in [6.07, 6.45) is 3.31. The smallest absolute Gasteiger partial charge is 0.254 e. The van der Waals surface area contributed by atoms with Crippen molar-refractivity contribution in [2.45, 2.75) is 31.8 Å². The molecule has 4 heteroatoms. The number of likely N-dealkylation sites (tertiary alicyclic amines) is 1. The number of carbonyl (C=O) groups is 2. The van der Waals surface area contributed by atoms with Gasteiger partial charge in [-0.25, -0.2) is 0 Å². The molecule has 2 aliphatic rings. The fraction of sp³-hybridized carbons (Fsp3) is 0.364. The number of nitrogens with one attached hydrogen (secondary N) is 1. The Morgan fingerprint density at radius 3 is 2.38 bits per heavy atom. The summed E-state index contributed by atoms with van der Waals surface area (Å²) in [5.41, 5.74) is 1.73. The Balaban J connectivity index is 1.52. The average molecular weight is 348 g/mol. The first-order valence-electron chi connectivity index (χ1n) is 9.41. The van der Waals surface area contributed by atoms with Crippen LogP contribution >= 0.6 is 0 Å². The quantitative estimate of drug-likeness (QED) is 0.922. The molecule has 1 saturated carbocycles. The number of carbonyl (C=O) groups excluding carboxylic acids is 2. The molecule has 1 aliphatic carbocycles. The Kier molecular flexibility index (Phi) is 4.74. The van der Waals surface area contributed by atoms with E-state index in [9.17, 15) is 9.59 Å². The summed E-state index contributed by atoms with van der Waals surface area (Å²) in [6.45, 7) is 1.20. The lowest BCUT2D eigenvalue weighted by Crippen LogP contribution is -2.48. The molecule has 1 saturated heterocycles. The second kappa shape index (κ2) is 7.32. The Labute approximate surface area is 154 Å². The second-order valence-corrected chi connectivity index (χ2v) is 7.33. The van der Waals surface area contributed by atoms with Gasteiger partial charge in [0.1, 0.15) is 6.04 Å². The zero-order valence-electron chi connectivity index (χ0n) is 14.8. The highest BCUT2D eigenvalue weighted by Crippen LogP contribution is 2.42. The van der Waals surface area contributed by atoms with Crippen LogP contribution in [-0.2, 0) is 11.3 Å². The third kappa shape index (κ3) is 3.24. The van der Waals surface area contributed by atoms with E-state index in [1.54, 1.807) is 0 Å². The van der Waals surface area contributed by atoms with Crippen LogP contribution in [0.1, 0.15) is 35.2 Å². The molecule has 3 atom stereocenters. The van der Waals surface area contributed by atoms with Crippen LogP contribution < -0.4 is 5.32 Å². The van der Waals surface area contributed by atoms with Crippen LogP contribution in [0.3, 0.4) is 0 Å². The Hall–Kier alpha value is -2.62. The van der Waals surface area contributed by atoms with Crippen molar-refractivity contribution >= 4 is 11.8 Å². The highest BCUT2D eigenvalue weighted by Gasteiger charge is 2.49. The molecule has 0 radical (unpaired) electrons. The van der Waals surface area contributed by atoms with E-state index in [0.717, 1.165) is 24.8 Å². The molecule has 2 fully saturated rings. The van der Waals surface area contributed by atoms with E-state index in [2.05, 4.69) is 5.32 Å². The summed E-state index contributed by atoms with van der Waals surface area (Å²) in [6, 6.07) is 18.9. The second-order valence-electron chi connectivity index (χ2n) is 7.33. The maximum absolute atomic E-state index is 13.0. The molecule has 0 spiro atoms. The SMILES string of the molecule is O=C(NCc1ccccc1)C1C2CCCC2CN1C(=O)c1ccccc1.